The molecule has 4 N–H and O–H groups in total. The predicted molar refractivity (Wildman–Crippen MR) is 124 cm³/mol. The Hall–Kier alpha value is -2.66. The number of nitrogens with one attached hydrogen (secondary N) is 4. The molecule has 0 aliphatic heterocycles. The van der Waals surface area contributed by atoms with Gasteiger partial charge in [-0.05, 0) is 58.7 Å². The Morgan fingerprint density at radius 2 is 1.97 bits per heavy atom. The fraction of sp³-hybridized carbons (Fsp3) is 0.545. The maximum atomic E-state index is 12.2. The molecule has 0 saturated heterocycles. The van der Waals surface area contributed by atoms with Crippen LogP contribution in [0.3, 0.4) is 0 Å². The molecular formula is C22H31N5O2S. The highest BCUT2D eigenvalue weighted by Crippen LogP contribution is 2.26. The van der Waals surface area contributed by atoms with Crippen LogP contribution in [0, 0.1) is 16.7 Å². The number of nitrogens with zero attached hydrogens (tertiary/aromatic N) is 1. The summed E-state index contributed by atoms with van der Waals surface area (Å²) in [6, 6.07) is 7.63. The minimum Gasteiger partial charge on any atom is -0.444 e. The summed E-state index contributed by atoms with van der Waals surface area (Å²) in [5.74, 6) is 0. The summed E-state index contributed by atoms with van der Waals surface area (Å²) in [4.78, 5) is 12.7. The number of alkyl carbamates (subject to hydrolysis) is 1. The van der Waals surface area contributed by atoms with E-state index in [9.17, 15) is 10.1 Å². The molecule has 30 heavy (non-hydrogen) atoms. The molecule has 0 bridgehead atoms. The van der Waals surface area contributed by atoms with Gasteiger partial charge in [0.15, 0.2) is 0 Å². The number of thiocarbonyl (C=S) groups is 1. The zero-order valence-corrected chi connectivity index (χ0v) is 18.9. The Kier molecular flexibility index (Phi) is 8.18. The van der Waals surface area contributed by atoms with Crippen molar-refractivity contribution in [3.05, 3.63) is 23.8 Å². The van der Waals surface area contributed by atoms with Crippen LogP contribution < -0.4 is 16.0 Å². The average Bonchev–Trinajstić information content (AvgIpc) is 2.61. The molecule has 1 fully saturated rings. The molecule has 2 unspecified atom stereocenters. The highest BCUT2D eigenvalue weighted by atomic mass is 32.1. The lowest BCUT2D eigenvalue weighted by atomic mass is 9.90. The topological polar surface area (TPSA) is 110 Å². The summed E-state index contributed by atoms with van der Waals surface area (Å²) in [6.07, 6.45) is 3.87. The number of anilines is 2. The third-order valence-corrected chi connectivity index (χ3v) is 4.91. The fourth-order valence-electron chi connectivity index (χ4n) is 3.42. The molecule has 1 aromatic rings. The SMILES string of the molecule is CC(=N)CC(=S)Nc1cc(NC2CCCCC2NC(=O)OC(C)(C)C)ccc1C#N. The molecule has 0 heterocycles. The van der Waals surface area contributed by atoms with E-state index < -0.39 is 11.7 Å². The summed E-state index contributed by atoms with van der Waals surface area (Å²) in [5, 5.41) is 26.6. The van der Waals surface area contributed by atoms with Gasteiger partial charge in [0.2, 0.25) is 0 Å². The molecule has 1 saturated carbocycles. The van der Waals surface area contributed by atoms with Gasteiger partial charge < -0.3 is 26.1 Å². The van der Waals surface area contributed by atoms with Crippen molar-refractivity contribution in [2.75, 3.05) is 10.6 Å². The van der Waals surface area contributed by atoms with E-state index in [2.05, 4.69) is 22.0 Å². The van der Waals surface area contributed by atoms with Gasteiger partial charge in [-0.3, -0.25) is 0 Å². The minimum absolute atomic E-state index is 0.0395. The normalized spacial score (nSPS) is 18.6. The summed E-state index contributed by atoms with van der Waals surface area (Å²) in [6.45, 7) is 7.23. The van der Waals surface area contributed by atoms with Crippen LogP contribution in [0.25, 0.3) is 0 Å². The second-order valence-electron chi connectivity index (χ2n) is 8.67. The molecule has 1 amide bonds. The highest BCUT2D eigenvalue weighted by molar-refractivity contribution is 7.80. The van der Waals surface area contributed by atoms with Crippen LogP contribution in [-0.2, 0) is 4.74 Å². The van der Waals surface area contributed by atoms with Gasteiger partial charge in [-0.15, -0.1) is 0 Å². The zero-order chi connectivity index (χ0) is 22.3. The monoisotopic (exact) mass is 429 g/mol. The second kappa shape index (κ2) is 10.4. The number of amides is 1. The number of carbonyl (C=O) groups excluding carboxylic acids is 1. The van der Waals surface area contributed by atoms with Gasteiger partial charge in [0, 0.05) is 23.9 Å². The van der Waals surface area contributed by atoms with E-state index in [1.807, 2.05) is 32.9 Å². The number of nitriles is 1. The smallest absolute Gasteiger partial charge is 0.407 e. The predicted octanol–water partition coefficient (Wildman–Crippen LogP) is 4.98. The highest BCUT2D eigenvalue weighted by Gasteiger charge is 2.28. The van der Waals surface area contributed by atoms with Crippen molar-refractivity contribution < 1.29 is 9.53 Å². The van der Waals surface area contributed by atoms with Crippen molar-refractivity contribution >= 4 is 40.4 Å². The van der Waals surface area contributed by atoms with Gasteiger partial charge in [-0.25, -0.2) is 4.79 Å². The third kappa shape index (κ3) is 7.64. The number of hydrogen-bond donors (Lipinski definition) is 4. The van der Waals surface area contributed by atoms with Crippen molar-refractivity contribution in [1.82, 2.24) is 5.32 Å². The quantitative estimate of drug-likeness (QED) is 0.375. The Bertz CT molecular complexity index is 841. The Balaban J connectivity index is 2.11. The van der Waals surface area contributed by atoms with Crippen molar-refractivity contribution in [3.63, 3.8) is 0 Å². The summed E-state index contributed by atoms with van der Waals surface area (Å²) < 4.78 is 5.41. The van der Waals surface area contributed by atoms with Gasteiger partial charge >= 0.3 is 6.09 Å². The van der Waals surface area contributed by atoms with E-state index in [-0.39, 0.29) is 12.1 Å². The van der Waals surface area contributed by atoms with Gasteiger partial charge in [-0.2, -0.15) is 5.26 Å². The molecular weight excluding hydrogens is 398 g/mol. The maximum Gasteiger partial charge on any atom is 0.407 e. The first-order valence-corrected chi connectivity index (χ1v) is 10.6. The third-order valence-electron chi connectivity index (χ3n) is 4.66. The van der Waals surface area contributed by atoms with Crippen LogP contribution in [0.5, 0.6) is 0 Å². The molecule has 2 rings (SSSR count). The van der Waals surface area contributed by atoms with Crippen LogP contribution in [0.1, 0.15) is 65.4 Å². The van der Waals surface area contributed by atoms with Gasteiger partial charge in [-0.1, -0.05) is 25.1 Å². The standard InChI is InChI=1S/C22H31N5O2S/c1-14(24)11-20(30)26-19-12-16(10-9-15(19)13-23)25-17-7-5-6-8-18(17)27-21(28)29-22(2,3)4/h9-10,12,17-18,24-25H,5-8,11H2,1-4H3,(H,26,30)(H,27,28). The lowest BCUT2D eigenvalue weighted by Gasteiger charge is -2.34. The number of benzene rings is 1. The van der Waals surface area contributed by atoms with Crippen LogP contribution in [-0.4, -0.2) is 34.5 Å². The Labute approximate surface area is 184 Å². The van der Waals surface area contributed by atoms with E-state index in [0.29, 0.717) is 28.4 Å². The van der Waals surface area contributed by atoms with E-state index in [1.165, 1.54) is 0 Å². The lowest BCUT2D eigenvalue weighted by molar-refractivity contribution is 0.0488. The first-order valence-electron chi connectivity index (χ1n) is 10.2. The molecule has 0 aromatic heterocycles. The number of carbonyl (C=O) groups is 1. The first kappa shape index (κ1) is 23.6. The molecule has 1 aromatic carbocycles. The number of hydrogen-bond acceptors (Lipinski definition) is 6. The fourth-order valence-corrected chi connectivity index (χ4v) is 3.75. The van der Waals surface area contributed by atoms with Gasteiger partial charge in [0.25, 0.3) is 0 Å². The van der Waals surface area contributed by atoms with Crippen molar-refractivity contribution in [1.29, 1.82) is 10.7 Å². The Morgan fingerprint density at radius 3 is 2.57 bits per heavy atom. The van der Waals surface area contributed by atoms with Crippen LogP contribution >= 0.6 is 12.2 Å². The van der Waals surface area contributed by atoms with Crippen molar-refractivity contribution in [2.24, 2.45) is 0 Å². The minimum atomic E-state index is -0.539. The van der Waals surface area contributed by atoms with Crippen LogP contribution in [0.2, 0.25) is 0 Å². The molecule has 8 heteroatoms. The Morgan fingerprint density at radius 1 is 1.30 bits per heavy atom. The maximum absolute atomic E-state index is 12.2. The molecule has 162 valence electrons. The molecule has 0 radical (unpaired) electrons. The summed E-state index contributed by atoms with van der Waals surface area (Å²) in [7, 11) is 0. The molecule has 1 aliphatic rings. The summed E-state index contributed by atoms with van der Waals surface area (Å²) in [5.41, 5.74) is 1.86. The van der Waals surface area contributed by atoms with Crippen LogP contribution in [0.4, 0.5) is 16.2 Å². The lowest BCUT2D eigenvalue weighted by Crippen LogP contribution is -2.49. The zero-order valence-electron chi connectivity index (χ0n) is 18.1. The van der Waals surface area contributed by atoms with E-state index in [0.717, 1.165) is 31.4 Å². The first-order chi connectivity index (χ1) is 14.1. The van der Waals surface area contributed by atoms with E-state index >= 15 is 0 Å². The molecule has 0 spiro atoms. The second-order valence-corrected chi connectivity index (χ2v) is 9.16. The number of ether oxygens (including phenoxy) is 1. The molecule has 2 atom stereocenters. The van der Waals surface area contributed by atoms with E-state index in [4.69, 9.17) is 22.4 Å². The van der Waals surface area contributed by atoms with Gasteiger partial charge in [0.1, 0.15) is 11.7 Å². The molecule has 1 aliphatic carbocycles. The molecule has 7 nitrogen and oxygen atoms in total. The summed E-state index contributed by atoms with van der Waals surface area (Å²) >= 11 is 5.29. The van der Waals surface area contributed by atoms with Crippen molar-refractivity contribution in [3.8, 4) is 6.07 Å². The largest absolute Gasteiger partial charge is 0.444 e. The van der Waals surface area contributed by atoms with Crippen molar-refractivity contribution in [2.45, 2.75) is 77.5 Å². The van der Waals surface area contributed by atoms with Crippen LogP contribution in [0.15, 0.2) is 18.2 Å². The average molecular weight is 430 g/mol. The number of rotatable bonds is 6. The van der Waals surface area contributed by atoms with Gasteiger partial charge in [0.05, 0.1) is 22.3 Å². The van der Waals surface area contributed by atoms with E-state index in [1.54, 1.807) is 13.0 Å².